The standard InChI is InChI=1S/C6H15N.3C6H11.ClH.HI.Sn/c1-4-7(5-2)6-3;3*1-2-4-6-5-3-1;;;/h4-6H2,1-3H3;3*1H,2-6H2;2*1H;/q;3*-1;;;+4/p-2. The van der Waals surface area contributed by atoms with Crippen molar-refractivity contribution >= 4 is 23.9 Å². The third-order valence-electron chi connectivity index (χ3n) is 5.29. The number of hydrogen-bond donors (Lipinski definition) is 0. The molecule has 0 atom stereocenters. The van der Waals surface area contributed by atoms with Crippen LogP contribution in [0.15, 0.2) is 0 Å². The average Bonchev–Trinajstić information content (AvgIpc) is 2.75. The van der Waals surface area contributed by atoms with Crippen LogP contribution in [-0.4, -0.2) is 48.4 Å². The van der Waals surface area contributed by atoms with Gasteiger partial charge in [-0.05, 0) is 19.6 Å². The Morgan fingerprint density at radius 3 is 0.750 bits per heavy atom. The summed E-state index contributed by atoms with van der Waals surface area (Å²) >= 11 is 0. The van der Waals surface area contributed by atoms with E-state index in [-0.39, 0.29) is 60.3 Å². The number of hydrogen-bond acceptors (Lipinski definition) is 1. The van der Waals surface area contributed by atoms with Crippen molar-refractivity contribution in [2.24, 2.45) is 0 Å². The monoisotopic (exact) mass is 632 g/mol. The molecule has 0 N–H and O–H groups in total. The Kier molecular flexibility index (Phi) is 44.3. The summed E-state index contributed by atoms with van der Waals surface area (Å²) in [4.78, 5) is 2.38. The molecule has 0 amide bonds. The predicted molar refractivity (Wildman–Crippen MR) is 121 cm³/mol. The molecular weight excluding hydrogens is 583 g/mol. The predicted octanol–water partition coefficient (Wildman–Crippen LogP) is 1.44. The van der Waals surface area contributed by atoms with Gasteiger partial charge in [0, 0.05) is 0 Å². The van der Waals surface area contributed by atoms with Gasteiger partial charge >= 0.3 is 23.9 Å². The minimum atomic E-state index is 0. The van der Waals surface area contributed by atoms with Crippen LogP contribution in [0, 0.1) is 19.3 Å². The molecule has 0 radical (unpaired) electrons. The molecule has 1 nitrogen and oxygen atoms in total. The summed E-state index contributed by atoms with van der Waals surface area (Å²) in [5.41, 5.74) is 0. The fraction of sp³-hybridized carbons (Fsp3) is 0.875. The first-order chi connectivity index (χ1) is 12.3. The second kappa shape index (κ2) is 33.4. The SMILES string of the molecule is CCN(CC)CC.[CH-]1CCCCC1.[CH-]1CCCCC1.[CH-]1CCCCC1.[Cl-].[I-].[Sn+4]. The second-order valence-corrected chi connectivity index (χ2v) is 7.40. The van der Waals surface area contributed by atoms with Gasteiger partial charge in [0.2, 0.25) is 0 Å². The van der Waals surface area contributed by atoms with Crippen LogP contribution in [0.25, 0.3) is 0 Å². The smallest absolute Gasteiger partial charge is 1.00 e. The van der Waals surface area contributed by atoms with Crippen molar-refractivity contribution in [3.05, 3.63) is 19.3 Å². The molecule has 3 saturated carbocycles. The summed E-state index contributed by atoms with van der Waals surface area (Å²) in [7, 11) is 0. The van der Waals surface area contributed by atoms with Gasteiger partial charge in [0.05, 0.1) is 0 Å². The van der Waals surface area contributed by atoms with Crippen LogP contribution < -0.4 is 36.4 Å². The molecule has 0 heterocycles. The van der Waals surface area contributed by atoms with Gasteiger partial charge in [0.25, 0.3) is 0 Å². The van der Waals surface area contributed by atoms with Crippen molar-refractivity contribution in [1.82, 2.24) is 4.90 Å². The first kappa shape index (κ1) is 37.1. The normalized spacial score (nSPS) is 18.0. The minimum absolute atomic E-state index is 0. The molecule has 0 spiro atoms. The van der Waals surface area contributed by atoms with Gasteiger partial charge in [-0.3, -0.25) is 0 Å². The Morgan fingerprint density at radius 2 is 0.714 bits per heavy atom. The fourth-order valence-corrected chi connectivity index (χ4v) is 3.37. The Hall–Kier alpha value is 1.78. The number of rotatable bonds is 3. The molecule has 0 bridgehead atoms. The zero-order valence-electron chi connectivity index (χ0n) is 19.2. The molecular formula is C24H48ClINSn-. The summed E-state index contributed by atoms with van der Waals surface area (Å²) in [5, 5.41) is 0. The third-order valence-corrected chi connectivity index (χ3v) is 5.29. The fourth-order valence-electron chi connectivity index (χ4n) is 3.37. The van der Waals surface area contributed by atoms with Crippen molar-refractivity contribution in [2.75, 3.05) is 19.6 Å². The number of nitrogens with zero attached hydrogens (tertiary/aromatic N) is 1. The van der Waals surface area contributed by atoms with E-state index in [4.69, 9.17) is 0 Å². The Morgan fingerprint density at radius 1 is 0.500 bits per heavy atom. The molecule has 0 saturated heterocycles. The van der Waals surface area contributed by atoms with Crippen LogP contribution in [0.4, 0.5) is 0 Å². The van der Waals surface area contributed by atoms with Gasteiger partial charge in [0.1, 0.15) is 0 Å². The molecule has 3 aliphatic rings. The van der Waals surface area contributed by atoms with Crippen molar-refractivity contribution < 1.29 is 36.4 Å². The largest absolute Gasteiger partial charge is 4.00 e. The quantitative estimate of drug-likeness (QED) is 0.259. The van der Waals surface area contributed by atoms with E-state index in [1.165, 1.54) is 116 Å². The maximum atomic E-state index is 2.39. The van der Waals surface area contributed by atoms with Crippen molar-refractivity contribution in [2.45, 2.75) is 117 Å². The van der Waals surface area contributed by atoms with E-state index >= 15 is 0 Å². The molecule has 0 aromatic rings. The summed E-state index contributed by atoms with van der Waals surface area (Å²) in [6.07, 6.45) is 28.5. The van der Waals surface area contributed by atoms with Crippen LogP contribution in [0.5, 0.6) is 0 Å². The zero-order chi connectivity index (χ0) is 18.4. The van der Waals surface area contributed by atoms with Crippen LogP contribution in [-0.2, 0) is 0 Å². The molecule has 3 aliphatic carbocycles. The van der Waals surface area contributed by atoms with E-state index < -0.39 is 0 Å². The maximum absolute atomic E-state index is 2.39. The number of halogens is 2. The Balaban J connectivity index is -0.000000132. The minimum Gasteiger partial charge on any atom is -1.00 e. The molecule has 0 unspecified atom stereocenters. The van der Waals surface area contributed by atoms with E-state index in [1.54, 1.807) is 0 Å². The first-order valence-corrected chi connectivity index (χ1v) is 11.5. The van der Waals surface area contributed by atoms with Crippen LogP contribution in [0.3, 0.4) is 0 Å². The second-order valence-electron chi connectivity index (χ2n) is 7.40. The molecule has 0 aromatic heterocycles. The van der Waals surface area contributed by atoms with Gasteiger partial charge < -0.3 is 60.5 Å². The molecule has 0 aliphatic heterocycles. The van der Waals surface area contributed by atoms with Gasteiger partial charge in [-0.15, -0.1) is 0 Å². The molecule has 0 aromatic carbocycles. The maximum Gasteiger partial charge on any atom is 4.00 e. The summed E-state index contributed by atoms with van der Waals surface area (Å²) in [5.74, 6) is 0. The van der Waals surface area contributed by atoms with Gasteiger partial charge in [0.15, 0.2) is 0 Å². The van der Waals surface area contributed by atoms with E-state index in [1.807, 2.05) is 0 Å². The Bertz CT molecular complexity index is 160. The summed E-state index contributed by atoms with van der Waals surface area (Å²) in [6.45, 7) is 10.1. The van der Waals surface area contributed by atoms with E-state index in [2.05, 4.69) is 44.9 Å². The Labute approximate surface area is 219 Å². The zero-order valence-corrected chi connectivity index (χ0v) is 24.9. The van der Waals surface area contributed by atoms with Crippen molar-refractivity contribution in [1.29, 1.82) is 0 Å². The van der Waals surface area contributed by atoms with Gasteiger partial charge in [-0.25, -0.2) is 0 Å². The third kappa shape index (κ3) is 30.0. The van der Waals surface area contributed by atoms with Crippen LogP contribution >= 0.6 is 0 Å². The van der Waals surface area contributed by atoms with E-state index in [0.29, 0.717) is 0 Å². The molecule has 3 rings (SSSR count). The molecule has 4 heteroatoms. The summed E-state index contributed by atoms with van der Waals surface area (Å²) < 4.78 is 0. The van der Waals surface area contributed by atoms with Gasteiger partial charge in [-0.1, -0.05) is 78.6 Å². The molecule has 28 heavy (non-hydrogen) atoms. The first-order valence-electron chi connectivity index (χ1n) is 11.5. The summed E-state index contributed by atoms with van der Waals surface area (Å²) in [6, 6.07) is 0. The molecule has 3 fully saturated rings. The molecule has 168 valence electrons. The van der Waals surface area contributed by atoms with Crippen LogP contribution in [0.1, 0.15) is 117 Å². The van der Waals surface area contributed by atoms with Crippen molar-refractivity contribution in [3.8, 4) is 0 Å². The topological polar surface area (TPSA) is 3.24 Å². The van der Waals surface area contributed by atoms with E-state index in [9.17, 15) is 0 Å². The average molecular weight is 632 g/mol. The van der Waals surface area contributed by atoms with Gasteiger partial charge in [-0.2, -0.15) is 38.5 Å². The van der Waals surface area contributed by atoms with Crippen molar-refractivity contribution in [3.63, 3.8) is 0 Å². The van der Waals surface area contributed by atoms with Crippen LogP contribution in [0.2, 0.25) is 0 Å². The van der Waals surface area contributed by atoms with E-state index in [0.717, 1.165) is 0 Å².